The van der Waals surface area contributed by atoms with Crippen molar-refractivity contribution in [1.82, 2.24) is 0 Å². The van der Waals surface area contributed by atoms with E-state index >= 15 is 0 Å². The SMILES string of the molecule is CCc1cc2c(cc1C(C)N)N(Cc1cccc(F)c1F)CCC2(C)C. The number of fused-ring (bicyclic) bond motifs is 1. The van der Waals surface area contributed by atoms with Gasteiger partial charge in [-0.25, -0.2) is 8.78 Å². The fourth-order valence-electron chi connectivity index (χ4n) is 3.89. The number of nitrogens with two attached hydrogens (primary N) is 1. The van der Waals surface area contributed by atoms with Gasteiger partial charge in [0.15, 0.2) is 11.6 Å². The summed E-state index contributed by atoms with van der Waals surface area (Å²) in [4.78, 5) is 2.16. The molecular formula is C22H28F2N2. The average Bonchev–Trinajstić information content (AvgIpc) is 2.60. The fraction of sp³-hybridized carbons (Fsp3) is 0.455. The van der Waals surface area contributed by atoms with Crippen LogP contribution in [0.25, 0.3) is 0 Å². The summed E-state index contributed by atoms with van der Waals surface area (Å²) >= 11 is 0. The van der Waals surface area contributed by atoms with E-state index in [2.05, 4.69) is 37.8 Å². The Kier molecular flexibility index (Phi) is 5.07. The molecule has 0 fully saturated rings. The molecule has 1 unspecified atom stereocenters. The van der Waals surface area contributed by atoms with Gasteiger partial charge in [-0.15, -0.1) is 0 Å². The summed E-state index contributed by atoms with van der Waals surface area (Å²) in [6.07, 6.45) is 1.90. The highest BCUT2D eigenvalue weighted by Crippen LogP contribution is 2.42. The molecule has 0 bridgehead atoms. The third-order valence-corrected chi connectivity index (χ3v) is 5.60. The van der Waals surface area contributed by atoms with Crippen molar-refractivity contribution in [2.45, 2.75) is 58.5 Å². The Hall–Kier alpha value is -1.94. The molecule has 2 N–H and O–H groups in total. The Morgan fingerprint density at radius 2 is 1.92 bits per heavy atom. The molecule has 26 heavy (non-hydrogen) atoms. The summed E-state index contributed by atoms with van der Waals surface area (Å²) in [5.41, 5.74) is 11.4. The number of aryl methyl sites for hydroxylation is 1. The van der Waals surface area contributed by atoms with E-state index in [4.69, 9.17) is 5.73 Å². The lowest BCUT2D eigenvalue weighted by molar-refractivity contribution is 0.447. The number of rotatable bonds is 4. The van der Waals surface area contributed by atoms with Gasteiger partial charge in [0.25, 0.3) is 0 Å². The number of hydrogen-bond donors (Lipinski definition) is 1. The number of nitrogens with zero attached hydrogens (tertiary/aromatic N) is 1. The van der Waals surface area contributed by atoms with Gasteiger partial charge >= 0.3 is 0 Å². The van der Waals surface area contributed by atoms with Crippen LogP contribution in [0.3, 0.4) is 0 Å². The van der Waals surface area contributed by atoms with Crippen LogP contribution in [0.5, 0.6) is 0 Å². The molecule has 2 nitrogen and oxygen atoms in total. The van der Waals surface area contributed by atoms with Gasteiger partial charge in [-0.05, 0) is 54.0 Å². The Bertz CT molecular complexity index is 812. The summed E-state index contributed by atoms with van der Waals surface area (Å²) < 4.78 is 27.8. The topological polar surface area (TPSA) is 29.3 Å². The molecule has 0 radical (unpaired) electrons. The minimum Gasteiger partial charge on any atom is -0.367 e. The first-order valence-corrected chi connectivity index (χ1v) is 9.35. The minimum absolute atomic E-state index is 0.0482. The highest BCUT2D eigenvalue weighted by molar-refractivity contribution is 5.63. The molecule has 4 heteroatoms. The van der Waals surface area contributed by atoms with E-state index in [0.29, 0.717) is 12.1 Å². The zero-order valence-electron chi connectivity index (χ0n) is 16.1. The second-order valence-electron chi connectivity index (χ2n) is 7.98. The van der Waals surface area contributed by atoms with Crippen LogP contribution in [0.4, 0.5) is 14.5 Å². The fourth-order valence-corrected chi connectivity index (χ4v) is 3.89. The van der Waals surface area contributed by atoms with E-state index in [-0.39, 0.29) is 11.5 Å². The van der Waals surface area contributed by atoms with E-state index < -0.39 is 11.6 Å². The quantitative estimate of drug-likeness (QED) is 0.810. The first-order chi connectivity index (χ1) is 12.2. The molecule has 1 aliphatic rings. The van der Waals surface area contributed by atoms with Crippen molar-refractivity contribution < 1.29 is 8.78 Å². The smallest absolute Gasteiger partial charge is 0.163 e. The normalized spacial score (nSPS) is 17.1. The third kappa shape index (κ3) is 3.35. The first kappa shape index (κ1) is 18.8. The molecular weight excluding hydrogens is 330 g/mol. The average molecular weight is 358 g/mol. The zero-order valence-corrected chi connectivity index (χ0v) is 16.1. The largest absolute Gasteiger partial charge is 0.367 e. The summed E-state index contributed by atoms with van der Waals surface area (Å²) in [6, 6.07) is 8.75. The van der Waals surface area contributed by atoms with E-state index in [1.54, 1.807) is 12.1 Å². The molecule has 3 rings (SSSR count). The van der Waals surface area contributed by atoms with Gasteiger partial charge in [-0.2, -0.15) is 0 Å². The summed E-state index contributed by atoms with van der Waals surface area (Å²) in [6.45, 7) is 9.79. The standard InChI is InChI=1S/C22H28F2N2/c1-5-15-11-18-20(12-17(15)14(2)25)26(10-9-22(18,3)4)13-16-7-6-8-19(23)21(16)24/h6-8,11-12,14H,5,9-10,13,25H2,1-4H3. The minimum atomic E-state index is -0.794. The summed E-state index contributed by atoms with van der Waals surface area (Å²) in [7, 11) is 0. The zero-order chi connectivity index (χ0) is 19.1. The van der Waals surface area contributed by atoms with Gasteiger partial charge in [0, 0.05) is 30.4 Å². The Morgan fingerprint density at radius 3 is 2.58 bits per heavy atom. The second-order valence-corrected chi connectivity index (χ2v) is 7.98. The van der Waals surface area contributed by atoms with Crippen LogP contribution < -0.4 is 10.6 Å². The molecule has 0 amide bonds. The van der Waals surface area contributed by atoms with Crippen molar-refractivity contribution in [2.75, 3.05) is 11.4 Å². The van der Waals surface area contributed by atoms with Crippen LogP contribution in [-0.4, -0.2) is 6.54 Å². The Morgan fingerprint density at radius 1 is 1.19 bits per heavy atom. The van der Waals surface area contributed by atoms with Gasteiger partial charge in [0.1, 0.15) is 0 Å². The second kappa shape index (κ2) is 6.99. The molecule has 0 aliphatic carbocycles. The molecule has 0 saturated heterocycles. The first-order valence-electron chi connectivity index (χ1n) is 9.35. The molecule has 2 aromatic rings. The number of hydrogen-bond acceptors (Lipinski definition) is 2. The summed E-state index contributed by atoms with van der Waals surface area (Å²) in [5.74, 6) is -1.55. The van der Waals surface area contributed by atoms with Crippen LogP contribution in [0.2, 0.25) is 0 Å². The van der Waals surface area contributed by atoms with Gasteiger partial charge in [0.05, 0.1) is 0 Å². The predicted octanol–water partition coefficient (Wildman–Crippen LogP) is 5.23. The van der Waals surface area contributed by atoms with E-state index in [0.717, 1.165) is 36.7 Å². The van der Waals surface area contributed by atoms with Crippen molar-refractivity contribution >= 4 is 5.69 Å². The van der Waals surface area contributed by atoms with Crippen LogP contribution in [0.1, 0.15) is 62.4 Å². The lowest BCUT2D eigenvalue weighted by atomic mass is 9.75. The van der Waals surface area contributed by atoms with Crippen LogP contribution >= 0.6 is 0 Å². The Balaban J connectivity index is 2.08. The molecule has 0 saturated carbocycles. The number of anilines is 1. The molecule has 140 valence electrons. The van der Waals surface area contributed by atoms with E-state index in [1.165, 1.54) is 11.1 Å². The molecule has 1 aliphatic heterocycles. The highest BCUT2D eigenvalue weighted by Gasteiger charge is 2.32. The lowest BCUT2D eigenvalue weighted by Crippen LogP contribution is -2.37. The van der Waals surface area contributed by atoms with Crippen molar-refractivity contribution in [1.29, 1.82) is 0 Å². The van der Waals surface area contributed by atoms with Crippen molar-refractivity contribution in [2.24, 2.45) is 5.73 Å². The van der Waals surface area contributed by atoms with Gasteiger partial charge in [-0.3, -0.25) is 0 Å². The third-order valence-electron chi connectivity index (χ3n) is 5.60. The van der Waals surface area contributed by atoms with Gasteiger partial charge < -0.3 is 10.6 Å². The van der Waals surface area contributed by atoms with Crippen LogP contribution in [-0.2, 0) is 18.4 Å². The number of halogens is 2. The highest BCUT2D eigenvalue weighted by atomic mass is 19.2. The Labute approximate surface area is 155 Å². The number of benzene rings is 2. The van der Waals surface area contributed by atoms with E-state index in [1.807, 2.05) is 6.92 Å². The van der Waals surface area contributed by atoms with Gasteiger partial charge in [-0.1, -0.05) is 39.0 Å². The van der Waals surface area contributed by atoms with Crippen molar-refractivity contribution in [3.63, 3.8) is 0 Å². The predicted molar refractivity (Wildman–Crippen MR) is 103 cm³/mol. The van der Waals surface area contributed by atoms with Crippen molar-refractivity contribution in [3.05, 3.63) is 64.2 Å². The maximum atomic E-state index is 14.2. The van der Waals surface area contributed by atoms with Crippen molar-refractivity contribution in [3.8, 4) is 0 Å². The molecule has 0 aromatic heterocycles. The lowest BCUT2D eigenvalue weighted by Gasteiger charge is -2.41. The molecule has 0 spiro atoms. The molecule has 1 heterocycles. The van der Waals surface area contributed by atoms with Crippen LogP contribution in [0, 0.1) is 11.6 Å². The van der Waals surface area contributed by atoms with Gasteiger partial charge in [0.2, 0.25) is 0 Å². The van der Waals surface area contributed by atoms with E-state index in [9.17, 15) is 8.78 Å². The van der Waals surface area contributed by atoms with Crippen LogP contribution in [0.15, 0.2) is 30.3 Å². The monoisotopic (exact) mass is 358 g/mol. The maximum absolute atomic E-state index is 14.2. The molecule has 2 aromatic carbocycles. The molecule has 1 atom stereocenters. The summed E-state index contributed by atoms with van der Waals surface area (Å²) in [5, 5.41) is 0. The maximum Gasteiger partial charge on any atom is 0.163 e.